The first-order valence-corrected chi connectivity index (χ1v) is 10.5. The number of halogens is 1. The lowest BCUT2D eigenvalue weighted by Crippen LogP contribution is -2.46. The molecule has 1 aliphatic rings. The zero-order valence-electron chi connectivity index (χ0n) is 15.6. The molecule has 0 radical (unpaired) electrons. The fraction of sp³-hybridized carbons (Fsp3) is 0.381. The van der Waals surface area contributed by atoms with E-state index < -0.39 is 15.1 Å². The summed E-state index contributed by atoms with van der Waals surface area (Å²) in [7, 11) is -4.71. The maximum Gasteiger partial charge on any atom is 0.332 e. The molecule has 2 aromatic rings. The van der Waals surface area contributed by atoms with Crippen molar-refractivity contribution in [2.45, 2.75) is 49.8 Å². The quantitative estimate of drug-likeness (QED) is 0.766. The average Bonchev–Trinajstić information content (AvgIpc) is 2.56. The lowest BCUT2D eigenvalue weighted by Gasteiger charge is -2.43. The molecule has 1 saturated carbocycles. The van der Waals surface area contributed by atoms with Gasteiger partial charge in [-0.15, -0.1) is 3.89 Å². The Morgan fingerprint density at radius 3 is 2.26 bits per heavy atom. The van der Waals surface area contributed by atoms with Crippen molar-refractivity contribution in [2.75, 3.05) is 6.54 Å². The van der Waals surface area contributed by atoms with E-state index in [-0.39, 0.29) is 17.7 Å². The van der Waals surface area contributed by atoms with Gasteiger partial charge < -0.3 is 5.32 Å². The highest BCUT2D eigenvalue weighted by Crippen LogP contribution is 2.43. The molecule has 0 aromatic heterocycles. The van der Waals surface area contributed by atoms with E-state index in [0.717, 1.165) is 19.3 Å². The second kappa shape index (κ2) is 7.43. The molecule has 0 atom stereocenters. The van der Waals surface area contributed by atoms with E-state index >= 15 is 0 Å². The Bertz CT molecular complexity index is 948. The zero-order valence-corrected chi connectivity index (χ0v) is 16.4. The monoisotopic (exact) mass is 389 g/mol. The molecular formula is C21H24FNO3S. The molecule has 6 heteroatoms. The van der Waals surface area contributed by atoms with Gasteiger partial charge >= 0.3 is 10.2 Å². The van der Waals surface area contributed by atoms with E-state index in [9.17, 15) is 17.1 Å². The summed E-state index contributed by atoms with van der Waals surface area (Å²) in [5.74, 6) is -0.124. The van der Waals surface area contributed by atoms with Crippen LogP contribution in [0.5, 0.6) is 0 Å². The van der Waals surface area contributed by atoms with Crippen LogP contribution in [0.15, 0.2) is 47.4 Å². The van der Waals surface area contributed by atoms with Crippen molar-refractivity contribution in [3.63, 3.8) is 0 Å². The summed E-state index contributed by atoms with van der Waals surface area (Å²) in [6.07, 6.45) is 3.40. The van der Waals surface area contributed by atoms with Gasteiger partial charge in [0, 0.05) is 12.0 Å². The second-order valence-electron chi connectivity index (χ2n) is 7.47. The van der Waals surface area contributed by atoms with Crippen LogP contribution in [0.1, 0.15) is 41.5 Å². The molecule has 1 aliphatic carbocycles. The van der Waals surface area contributed by atoms with E-state index in [4.69, 9.17) is 0 Å². The number of nitrogens with one attached hydrogen (secondary N) is 1. The van der Waals surface area contributed by atoms with Crippen LogP contribution in [0, 0.1) is 13.8 Å². The minimum atomic E-state index is -4.71. The number of benzene rings is 2. The van der Waals surface area contributed by atoms with Crippen molar-refractivity contribution < 1.29 is 17.1 Å². The molecular weight excluding hydrogens is 365 g/mol. The Morgan fingerprint density at radius 2 is 1.74 bits per heavy atom. The molecule has 0 spiro atoms. The molecule has 1 fully saturated rings. The Kier molecular flexibility index (Phi) is 5.38. The Labute approximate surface area is 160 Å². The SMILES string of the molecule is Cc1ccc(C2(CNC(=O)Cc3ccc(S(=O)(=O)F)cc3)CCC2)cc1C. The van der Waals surface area contributed by atoms with Crippen molar-refractivity contribution in [3.05, 3.63) is 64.7 Å². The van der Waals surface area contributed by atoms with Crippen molar-refractivity contribution in [1.82, 2.24) is 5.32 Å². The van der Waals surface area contributed by atoms with Gasteiger partial charge in [0.2, 0.25) is 5.91 Å². The van der Waals surface area contributed by atoms with Gasteiger partial charge in [-0.05, 0) is 61.1 Å². The first kappa shape index (κ1) is 19.5. The fourth-order valence-corrected chi connectivity index (χ4v) is 3.99. The molecule has 0 aliphatic heterocycles. The zero-order chi connectivity index (χ0) is 19.7. The van der Waals surface area contributed by atoms with Crippen molar-refractivity contribution >= 4 is 16.1 Å². The van der Waals surface area contributed by atoms with Crippen LogP contribution < -0.4 is 5.32 Å². The van der Waals surface area contributed by atoms with Gasteiger partial charge in [0.05, 0.1) is 11.3 Å². The van der Waals surface area contributed by atoms with E-state index in [1.807, 2.05) is 0 Å². The van der Waals surface area contributed by atoms with Gasteiger partial charge in [0.1, 0.15) is 0 Å². The third-order valence-electron chi connectivity index (χ3n) is 5.62. The summed E-state index contributed by atoms with van der Waals surface area (Å²) in [5, 5.41) is 3.02. The van der Waals surface area contributed by atoms with Gasteiger partial charge in [-0.3, -0.25) is 4.79 Å². The van der Waals surface area contributed by atoms with Gasteiger partial charge in [0.25, 0.3) is 0 Å². The maximum absolute atomic E-state index is 12.9. The van der Waals surface area contributed by atoms with Crippen molar-refractivity contribution in [1.29, 1.82) is 0 Å². The standard InChI is InChI=1S/C21H24FNO3S/c1-15-4-7-18(12-16(15)2)21(10-3-11-21)14-23-20(24)13-17-5-8-19(9-6-17)27(22,25)26/h4-9,12H,3,10-11,13-14H2,1-2H3,(H,23,24). The van der Waals surface area contributed by atoms with Crippen LogP contribution >= 0.6 is 0 Å². The molecule has 1 N–H and O–H groups in total. The van der Waals surface area contributed by atoms with E-state index in [2.05, 4.69) is 37.4 Å². The number of hydrogen-bond acceptors (Lipinski definition) is 3. The van der Waals surface area contributed by atoms with Gasteiger partial charge in [-0.25, -0.2) is 0 Å². The lowest BCUT2D eigenvalue weighted by atomic mass is 9.64. The topological polar surface area (TPSA) is 63.2 Å². The highest BCUT2D eigenvalue weighted by molar-refractivity contribution is 7.86. The Balaban J connectivity index is 1.63. The predicted molar refractivity (Wildman–Crippen MR) is 103 cm³/mol. The molecule has 1 amide bonds. The third-order valence-corrected chi connectivity index (χ3v) is 6.46. The Morgan fingerprint density at radius 1 is 1.07 bits per heavy atom. The van der Waals surface area contributed by atoms with Crippen LogP contribution in [0.2, 0.25) is 0 Å². The number of aryl methyl sites for hydroxylation is 2. The van der Waals surface area contributed by atoms with E-state index in [1.165, 1.54) is 41.0 Å². The minimum absolute atomic E-state index is 0.000281. The largest absolute Gasteiger partial charge is 0.355 e. The molecule has 0 heterocycles. The second-order valence-corrected chi connectivity index (χ2v) is 8.82. The van der Waals surface area contributed by atoms with Crippen molar-refractivity contribution in [2.24, 2.45) is 0 Å². The first-order valence-electron chi connectivity index (χ1n) is 9.08. The van der Waals surface area contributed by atoms with Crippen LogP contribution in [0.3, 0.4) is 0 Å². The number of hydrogen-bond donors (Lipinski definition) is 1. The molecule has 0 unspecified atom stereocenters. The van der Waals surface area contributed by atoms with E-state index in [1.54, 1.807) is 0 Å². The smallest absolute Gasteiger partial charge is 0.332 e. The summed E-state index contributed by atoms with van der Waals surface area (Å²) in [5.41, 5.74) is 4.44. The Hall–Kier alpha value is -2.21. The average molecular weight is 389 g/mol. The first-order chi connectivity index (χ1) is 12.7. The van der Waals surface area contributed by atoms with Crippen LogP contribution in [-0.2, 0) is 26.9 Å². The molecule has 144 valence electrons. The maximum atomic E-state index is 12.9. The molecule has 4 nitrogen and oxygen atoms in total. The summed E-state index contributed by atoms with van der Waals surface area (Å²) in [4.78, 5) is 11.9. The normalized spacial score (nSPS) is 15.8. The molecule has 27 heavy (non-hydrogen) atoms. The number of carbonyl (C=O) groups is 1. The van der Waals surface area contributed by atoms with Gasteiger partial charge in [0.15, 0.2) is 0 Å². The van der Waals surface area contributed by atoms with Crippen LogP contribution in [-0.4, -0.2) is 20.9 Å². The van der Waals surface area contributed by atoms with Crippen LogP contribution in [0.25, 0.3) is 0 Å². The van der Waals surface area contributed by atoms with Crippen LogP contribution in [0.4, 0.5) is 3.89 Å². The molecule has 3 rings (SSSR count). The van der Waals surface area contributed by atoms with Crippen molar-refractivity contribution in [3.8, 4) is 0 Å². The highest BCUT2D eigenvalue weighted by Gasteiger charge is 2.38. The molecule has 2 aromatic carbocycles. The summed E-state index contributed by atoms with van der Waals surface area (Å²) in [6.45, 7) is 4.78. The number of carbonyl (C=O) groups excluding carboxylic acids is 1. The molecule has 0 saturated heterocycles. The van der Waals surface area contributed by atoms with E-state index in [0.29, 0.717) is 12.1 Å². The lowest BCUT2D eigenvalue weighted by molar-refractivity contribution is -0.120. The molecule has 0 bridgehead atoms. The highest BCUT2D eigenvalue weighted by atomic mass is 32.3. The number of rotatable bonds is 6. The fourth-order valence-electron chi connectivity index (χ4n) is 3.53. The summed E-state index contributed by atoms with van der Waals surface area (Å²) in [6, 6.07) is 11.8. The number of amides is 1. The summed E-state index contributed by atoms with van der Waals surface area (Å²) >= 11 is 0. The predicted octanol–water partition coefficient (Wildman–Crippen LogP) is 3.74. The van der Waals surface area contributed by atoms with Gasteiger partial charge in [-0.2, -0.15) is 8.42 Å². The summed E-state index contributed by atoms with van der Waals surface area (Å²) < 4.78 is 34.6. The minimum Gasteiger partial charge on any atom is -0.355 e. The third kappa shape index (κ3) is 4.38. The van der Waals surface area contributed by atoms with Gasteiger partial charge in [-0.1, -0.05) is 36.8 Å².